The molecule has 6 heteroatoms. The van der Waals surface area contributed by atoms with Crippen LogP contribution in [0.25, 0.3) is 0 Å². The van der Waals surface area contributed by atoms with Crippen molar-refractivity contribution >= 4 is 23.4 Å². The molecule has 0 atom stereocenters. The highest BCUT2D eigenvalue weighted by atomic mass is 32.2. The van der Waals surface area contributed by atoms with E-state index in [4.69, 9.17) is 0 Å². The second-order valence-electron chi connectivity index (χ2n) is 5.25. The molecule has 0 bridgehead atoms. The third kappa shape index (κ3) is 4.08. The van der Waals surface area contributed by atoms with Crippen molar-refractivity contribution in [2.24, 2.45) is 0 Å². The van der Waals surface area contributed by atoms with E-state index in [1.165, 1.54) is 11.8 Å². The SMILES string of the molecule is Cc1nc(C)c(C#N)c(SCC(=O)Nc2c(C)cccc2C)n1. The van der Waals surface area contributed by atoms with Crippen molar-refractivity contribution in [1.82, 2.24) is 9.97 Å². The quantitative estimate of drug-likeness (QED) is 0.689. The lowest BCUT2D eigenvalue weighted by atomic mass is 10.1. The zero-order chi connectivity index (χ0) is 17.0. The Hall–Kier alpha value is -2.39. The predicted molar refractivity (Wildman–Crippen MR) is 91.5 cm³/mol. The molecule has 0 fully saturated rings. The molecule has 0 saturated heterocycles. The van der Waals surface area contributed by atoms with E-state index in [2.05, 4.69) is 21.4 Å². The van der Waals surface area contributed by atoms with Crippen molar-refractivity contribution in [3.63, 3.8) is 0 Å². The van der Waals surface area contributed by atoms with Gasteiger partial charge in [0.05, 0.1) is 11.4 Å². The van der Waals surface area contributed by atoms with E-state index in [1.807, 2.05) is 32.0 Å². The number of nitrogens with one attached hydrogen (secondary N) is 1. The Balaban J connectivity index is 2.10. The summed E-state index contributed by atoms with van der Waals surface area (Å²) in [4.78, 5) is 20.6. The number of hydrogen-bond acceptors (Lipinski definition) is 5. The van der Waals surface area contributed by atoms with Crippen molar-refractivity contribution in [2.45, 2.75) is 32.7 Å². The van der Waals surface area contributed by atoms with Gasteiger partial charge in [-0.25, -0.2) is 9.97 Å². The van der Waals surface area contributed by atoms with E-state index in [-0.39, 0.29) is 11.7 Å². The van der Waals surface area contributed by atoms with Crippen LogP contribution in [0.3, 0.4) is 0 Å². The summed E-state index contributed by atoms with van der Waals surface area (Å²) >= 11 is 1.25. The van der Waals surface area contributed by atoms with Gasteiger partial charge in [-0.05, 0) is 38.8 Å². The molecule has 2 rings (SSSR count). The third-order valence-electron chi connectivity index (χ3n) is 3.37. The number of carbonyl (C=O) groups is 1. The van der Waals surface area contributed by atoms with Gasteiger partial charge in [0.2, 0.25) is 5.91 Å². The molecular weight excluding hydrogens is 308 g/mol. The second-order valence-corrected chi connectivity index (χ2v) is 6.22. The largest absolute Gasteiger partial charge is 0.325 e. The summed E-state index contributed by atoms with van der Waals surface area (Å²) in [6.45, 7) is 7.46. The molecule has 0 aliphatic heterocycles. The van der Waals surface area contributed by atoms with Crippen molar-refractivity contribution in [3.05, 3.63) is 46.4 Å². The zero-order valence-corrected chi connectivity index (χ0v) is 14.4. The minimum absolute atomic E-state index is 0.120. The molecule has 0 spiro atoms. The number of aromatic nitrogens is 2. The first-order valence-corrected chi connectivity index (χ1v) is 8.15. The average Bonchev–Trinajstić information content (AvgIpc) is 2.48. The smallest absolute Gasteiger partial charge is 0.234 e. The van der Waals surface area contributed by atoms with Gasteiger partial charge in [0.1, 0.15) is 22.5 Å². The molecule has 0 aliphatic rings. The van der Waals surface area contributed by atoms with Crippen molar-refractivity contribution < 1.29 is 4.79 Å². The van der Waals surface area contributed by atoms with Crippen LogP contribution < -0.4 is 5.32 Å². The number of carbonyl (C=O) groups excluding carboxylic acids is 1. The standard InChI is InChI=1S/C17H18N4OS/c1-10-6-5-7-11(2)16(10)21-15(22)9-23-17-14(8-18)12(3)19-13(4)20-17/h5-7H,9H2,1-4H3,(H,21,22). The summed E-state index contributed by atoms with van der Waals surface area (Å²) in [5.74, 6) is 0.669. The highest BCUT2D eigenvalue weighted by Crippen LogP contribution is 2.23. The molecule has 0 radical (unpaired) electrons. The lowest BCUT2D eigenvalue weighted by Gasteiger charge is -2.11. The number of benzene rings is 1. The van der Waals surface area contributed by atoms with Crippen LogP contribution in [0.1, 0.15) is 28.2 Å². The Bertz CT molecular complexity index is 776. The number of nitriles is 1. The summed E-state index contributed by atoms with van der Waals surface area (Å²) in [7, 11) is 0. The molecule has 23 heavy (non-hydrogen) atoms. The van der Waals surface area contributed by atoms with Crippen LogP contribution in [0.15, 0.2) is 23.2 Å². The minimum Gasteiger partial charge on any atom is -0.325 e. The fourth-order valence-electron chi connectivity index (χ4n) is 2.24. The first-order valence-electron chi connectivity index (χ1n) is 7.16. The summed E-state index contributed by atoms with van der Waals surface area (Å²) in [6.07, 6.45) is 0. The minimum atomic E-state index is -0.120. The van der Waals surface area contributed by atoms with E-state index in [9.17, 15) is 10.1 Å². The van der Waals surface area contributed by atoms with Crippen LogP contribution in [-0.2, 0) is 4.79 Å². The van der Waals surface area contributed by atoms with Gasteiger partial charge in [0.15, 0.2) is 0 Å². The number of aryl methyl sites for hydroxylation is 4. The van der Waals surface area contributed by atoms with Gasteiger partial charge in [0, 0.05) is 5.69 Å². The monoisotopic (exact) mass is 326 g/mol. The van der Waals surface area contributed by atoms with Crippen LogP contribution in [0, 0.1) is 39.0 Å². The van der Waals surface area contributed by atoms with Gasteiger partial charge < -0.3 is 5.32 Å². The first-order chi connectivity index (χ1) is 10.9. The molecule has 0 unspecified atom stereocenters. The number of anilines is 1. The van der Waals surface area contributed by atoms with Crippen LogP contribution in [0.4, 0.5) is 5.69 Å². The highest BCUT2D eigenvalue weighted by Gasteiger charge is 2.13. The second kappa shape index (κ2) is 7.25. The fourth-order valence-corrected chi connectivity index (χ4v) is 3.11. The average molecular weight is 326 g/mol. The topological polar surface area (TPSA) is 78.7 Å². The first kappa shape index (κ1) is 17.0. The van der Waals surface area contributed by atoms with E-state index < -0.39 is 0 Å². The van der Waals surface area contributed by atoms with E-state index >= 15 is 0 Å². The van der Waals surface area contributed by atoms with Gasteiger partial charge in [-0.3, -0.25) is 4.79 Å². The maximum absolute atomic E-state index is 12.2. The van der Waals surface area contributed by atoms with Crippen molar-refractivity contribution in [1.29, 1.82) is 5.26 Å². The lowest BCUT2D eigenvalue weighted by Crippen LogP contribution is -2.16. The number of para-hydroxylation sites is 1. The van der Waals surface area contributed by atoms with Gasteiger partial charge in [0.25, 0.3) is 0 Å². The summed E-state index contributed by atoms with van der Waals surface area (Å²) in [5.41, 5.74) is 3.95. The molecule has 5 nitrogen and oxygen atoms in total. The Morgan fingerprint density at radius 2 is 1.87 bits per heavy atom. The number of hydrogen-bond donors (Lipinski definition) is 1. The Labute approximate surface area is 140 Å². The van der Waals surface area contributed by atoms with Gasteiger partial charge in [-0.2, -0.15) is 5.26 Å². The normalized spacial score (nSPS) is 10.2. The molecule has 1 aromatic heterocycles. The Morgan fingerprint density at radius 3 is 2.48 bits per heavy atom. The molecule has 0 saturated carbocycles. The number of nitrogens with zero attached hydrogens (tertiary/aromatic N) is 3. The van der Waals surface area contributed by atoms with E-state index in [0.717, 1.165) is 16.8 Å². The van der Waals surface area contributed by atoms with E-state index in [1.54, 1.807) is 13.8 Å². The predicted octanol–water partition coefficient (Wildman–Crippen LogP) is 3.31. The van der Waals surface area contributed by atoms with Crippen LogP contribution in [-0.4, -0.2) is 21.6 Å². The van der Waals surface area contributed by atoms with Crippen LogP contribution in [0.2, 0.25) is 0 Å². The molecule has 0 aliphatic carbocycles. The van der Waals surface area contributed by atoms with Crippen LogP contribution in [0.5, 0.6) is 0 Å². The van der Waals surface area contributed by atoms with Crippen molar-refractivity contribution in [3.8, 4) is 6.07 Å². The molecule has 1 N–H and O–H groups in total. The molecule has 1 amide bonds. The molecule has 1 heterocycles. The lowest BCUT2D eigenvalue weighted by molar-refractivity contribution is -0.113. The molecule has 118 valence electrons. The molecule has 2 aromatic rings. The summed E-state index contributed by atoms with van der Waals surface area (Å²) in [6, 6.07) is 7.98. The Kier molecular flexibility index (Phi) is 5.35. The summed E-state index contributed by atoms with van der Waals surface area (Å²) in [5, 5.41) is 12.7. The van der Waals surface area contributed by atoms with Gasteiger partial charge in [-0.15, -0.1) is 0 Å². The third-order valence-corrected chi connectivity index (χ3v) is 4.34. The van der Waals surface area contributed by atoms with Crippen LogP contribution >= 0.6 is 11.8 Å². The fraction of sp³-hybridized carbons (Fsp3) is 0.294. The van der Waals surface area contributed by atoms with Crippen molar-refractivity contribution in [2.75, 3.05) is 11.1 Å². The van der Waals surface area contributed by atoms with Gasteiger partial charge in [-0.1, -0.05) is 30.0 Å². The molecule has 1 aromatic carbocycles. The number of amides is 1. The Morgan fingerprint density at radius 1 is 1.22 bits per heavy atom. The van der Waals surface area contributed by atoms with E-state index in [0.29, 0.717) is 22.1 Å². The highest BCUT2D eigenvalue weighted by molar-refractivity contribution is 8.00. The number of thioether (sulfide) groups is 1. The maximum Gasteiger partial charge on any atom is 0.234 e. The van der Waals surface area contributed by atoms with Gasteiger partial charge >= 0.3 is 0 Å². The number of rotatable bonds is 4. The summed E-state index contributed by atoms with van der Waals surface area (Å²) < 4.78 is 0. The molecular formula is C17H18N4OS. The zero-order valence-electron chi connectivity index (χ0n) is 13.6. The maximum atomic E-state index is 12.2.